The van der Waals surface area contributed by atoms with Crippen LogP contribution in [0.15, 0.2) is 30.5 Å². The Morgan fingerprint density at radius 3 is 2.95 bits per heavy atom. The predicted octanol–water partition coefficient (Wildman–Crippen LogP) is 1.59. The van der Waals surface area contributed by atoms with Crippen molar-refractivity contribution in [2.75, 3.05) is 13.2 Å². The van der Waals surface area contributed by atoms with E-state index >= 15 is 0 Å². The third kappa shape index (κ3) is 4.06. The Morgan fingerprint density at radius 1 is 1.32 bits per heavy atom. The normalized spacial score (nSPS) is 10.6. The summed E-state index contributed by atoms with van der Waals surface area (Å²) in [5.74, 6) is 0.906. The molecule has 1 aromatic carbocycles. The molecule has 102 valence electrons. The van der Waals surface area contributed by atoms with Crippen LogP contribution in [0.2, 0.25) is 0 Å². The standard InChI is InChI=1S/C14H19N3O2/c1-12-5-2-3-7-14(12)19-10-8-17-11-13(15-16-17)6-4-9-18/h2-3,5,7,11,18H,4,6,8-10H2,1H3. The quantitative estimate of drug-likeness (QED) is 0.822. The van der Waals surface area contributed by atoms with Gasteiger partial charge in [-0.25, -0.2) is 4.68 Å². The van der Waals surface area contributed by atoms with Gasteiger partial charge in [0.2, 0.25) is 0 Å². The lowest BCUT2D eigenvalue weighted by Crippen LogP contribution is -2.09. The van der Waals surface area contributed by atoms with Crippen LogP contribution in [0.4, 0.5) is 0 Å². The number of aliphatic hydroxyl groups excluding tert-OH is 1. The summed E-state index contributed by atoms with van der Waals surface area (Å²) in [5.41, 5.74) is 2.04. The van der Waals surface area contributed by atoms with Crippen molar-refractivity contribution in [3.8, 4) is 5.75 Å². The Hall–Kier alpha value is -1.88. The summed E-state index contributed by atoms with van der Waals surface area (Å²) >= 11 is 0. The van der Waals surface area contributed by atoms with Crippen molar-refractivity contribution < 1.29 is 9.84 Å². The molecule has 0 saturated carbocycles. The minimum absolute atomic E-state index is 0.184. The summed E-state index contributed by atoms with van der Waals surface area (Å²) < 4.78 is 7.47. The highest BCUT2D eigenvalue weighted by atomic mass is 16.5. The first-order valence-electron chi connectivity index (χ1n) is 6.48. The van der Waals surface area contributed by atoms with E-state index in [0.717, 1.165) is 29.8 Å². The SMILES string of the molecule is Cc1ccccc1OCCn1cc(CCCO)nn1. The molecule has 0 aliphatic heterocycles. The number of aryl methyl sites for hydroxylation is 2. The summed E-state index contributed by atoms with van der Waals surface area (Å²) in [5, 5.41) is 16.8. The average molecular weight is 261 g/mol. The van der Waals surface area contributed by atoms with Gasteiger partial charge in [-0.2, -0.15) is 0 Å². The molecule has 0 unspecified atom stereocenters. The zero-order valence-electron chi connectivity index (χ0n) is 11.1. The molecule has 2 aromatic rings. The molecule has 1 N–H and O–H groups in total. The van der Waals surface area contributed by atoms with Gasteiger partial charge in [-0.1, -0.05) is 23.4 Å². The molecule has 0 radical (unpaired) electrons. The van der Waals surface area contributed by atoms with Gasteiger partial charge in [-0.15, -0.1) is 5.10 Å². The molecule has 2 rings (SSSR count). The Balaban J connectivity index is 1.79. The number of nitrogens with zero attached hydrogens (tertiary/aromatic N) is 3. The molecular formula is C14H19N3O2. The highest BCUT2D eigenvalue weighted by Gasteiger charge is 2.01. The first-order chi connectivity index (χ1) is 9.29. The van der Waals surface area contributed by atoms with E-state index in [2.05, 4.69) is 10.3 Å². The highest BCUT2D eigenvalue weighted by molar-refractivity contribution is 5.31. The Morgan fingerprint density at radius 2 is 2.16 bits per heavy atom. The summed E-state index contributed by atoms with van der Waals surface area (Å²) in [6, 6.07) is 7.94. The maximum atomic E-state index is 8.75. The van der Waals surface area contributed by atoms with Gasteiger partial charge in [0.25, 0.3) is 0 Å². The molecule has 0 amide bonds. The lowest BCUT2D eigenvalue weighted by molar-refractivity contribution is 0.287. The minimum Gasteiger partial charge on any atom is -0.491 e. The predicted molar refractivity (Wildman–Crippen MR) is 72.1 cm³/mol. The molecule has 1 aromatic heterocycles. The number of hydrogen-bond acceptors (Lipinski definition) is 4. The van der Waals surface area contributed by atoms with Crippen molar-refractivity contribution in [1.29, 1.82) is 0 Å². The number of aromatic nitrogens is 3. The molecule has 5 nitrogen and oxygen atoms in total. The Labute approximate surface area is 112 Å². The van der Waals surface area contributed by atoms with Crippen LogP contribution in [0.3, 0.4) is 0 Å². The molecule has 0 aliphatic carbocycles. The zero-order valence-corrected chi connectivity index (χ0v) is 11.1. The maximum Gasteiger partial charge on any atom is 0.122 e. The molecule has 5 heteroatoms. The van der Waals surface area contributed by atoms with Crippen molar-refractivity contribution in [2.24, 2.45) is 0 Å². The van der Waals surface area contributed by atoms with Gasteiger partial charge in [0, 0.05) is 12.8 Å². The van der Waals surface area contributed by atoms with Gasteiger partial charge in [-0.3, -0.25) is 0 Å². The first kappa shape index (κ1) is 13.5. The third-order valence-electron chi connectivity index (χ3n) is 2.85. The van der Waals surface area contributed by atoms with E-state index in [4.69, 9.17) is 9.84 Å². The fraction of sp³-hybridized carbons (Fsp3) is 0.429. The van der Waals surface area contributed by atoms with Gasteiger partial charge in [0.05, 0.1) is 12.2 Å². The Bertz CT molecular complexity index is 511. The summed E-state index contributed by atoms with van der Waals surface area (Å²) in [4.78, 5) is 0. The largest absolute Gasteiger partial charge is 0.491 e. The number of ether oxygens (including phenoxy) is 1. The van der Waals surface area contributed by atoms with Crippen LogP contribution in [0.5, 0.6) is 5.75 Å². The van der Waals surface area contributed by atoms with Crippen molar-refractivity contribution in [3.05, 3.63) is 41.7 Å². The van der Waals surface area contributed by atoms with Crippen molar-refractivity contribution >= 4 is 0 Å². The molecule has 0 fully saturated rings. The zero-order chi connectivity index (χ0) is 13.5. The lowest BCUT2D eigenvalue weighted by atomic mass is 10.2. The lowest BCUT2D eigenvalue weighted by Gasteiger charge is -2.08. The number of hydrogen-bond donors (Lipinski definition) is 1. The topological polar surface area (TPSA) is 60.2 Å². The average Bonchev–Trinajstić information content (AvgIpc) is 2.86. The molecule has 0 aliphatic rings. The van der Waals surface area contributed by atoms with E-state index in [1.54, 1.807) is 4.68 Å². The second-order valence-corrected chi connectivity index (χ2v) is 4.41. The smallest absolute Gasteiger partial charge is 0.122 e. The van der Waals surface area contributed by atoms with Crippen molar-refractivity contribution in [1.82, 2.24) is 15.0 Å². The van der Waals surface area contributed by atoms with Gasteiger partial charge >= 0.3 is 0 Å². The van der Waals surface area contributed by atoms with E-state index in [9.17, 15) is 0 Å². The molecule has 19 heavy (non-hydrogen) atoms. The Kier molecular flexibility index (Phi) is 4.92. The summed E-state index contributed by atoms with van der Waals surface area (Å²) in [6.07, 6.45) is 3.38. The van der Waals surface area contributed by atoms with Crippen molar-refractivity contribution in [2.45, 2.75) is 26.3 Å². The van der Waals surface area contributed by atoms with E-state index in [-0.39, 0.29) is 6.61 Å². The fourth-order valence-corrected chi connectivity index (χ4v) is 1.79. The highest BCUT2D eigenvalue weighted by Crippen LogP contribution is 2.15. The van der Waals surface area contributed by atoms with Gasteiger partial charge in [0.15, 0.2) is 0 Å². The van der Waals surface area contributed by atoms with Gasteiger partial charge in [0.1, 0.15) is 12.4 Å². The molecule has 0 atom stereocenters. The number of aliphatic hydroxyl groups is 1. The number of benzene rings is 1. The van der Waals surface area contributed by atoms with E-state index in [1.807, 2.05) is 37.4 Å². The molecule has 1 heterocycles. The molecular weight excluding hydrogens is 242 g/mol. The van der Waals surface area contributed by atoms with Crippen LogP contribution in [0.25, 0.3) is 0 Å². The summed E-state index contributed by atoms with van der Waals surface area (Å²) in [7, 11) is 0. The molecule has 0 saturated heterocycles. The second kappa shape index (κ2) is 6.89. The molecule has 0 spiro atoms. The van der Waals surface area contributed by atoms with E-state index in [1.165, 1.54) is 0 Å². The minimum atomic E-state index is 0.184. The van der Waals surface area contributed by atoms with Crippen LogP contribution in [-0.4, -0.2) is 33.3 Å². The maximum absolute atomic E-state index is 8.75. The van der Waals surface area contributed by atoms with E-state index in [0.29, 0.717) is 13.2 Å². The van der Waals surface area contributed by atoms with Crippen LogP contribution in [-0.2, 0) is 13.0 Å². The molecule has 0 bridgehead atoms. The van der Waals surface area contributed by atoms with Crippen molar-refractivity contribution in [3.63, 3.8) is 0 Å². The summed E-state index contributed by atoms with van der Waals surface area (Å²) in [6.45, 7) is 3.44. The number of para-hydroxylation sites is 1. The number of rotatable bonds is 7. The van der Waals surface area contributed by atoms with Gasteiger partial charge < -0.3 is 9.84 Å². The fourth-order valence-electron chi connectivity index (χ4n) is 1.79. The van der Waals surface area contributed by atoms with E-state index < -0.39 is 0 Å². The van der Waals surface area contributed by atoms with Crippen LogP contribution >= 0.6 is 0 Å². The van der Waals surface area contributed by atoms with Gasteiger partial charge in [-0.05, 0) is 31.4 Å². The second-order valence-electron chi connectivity index (χ2n) is 4.41. The third-order valence-corrected chi connectivity index (χ3v) is 2.85. The first-order valence-corrected chi connectivity index (χ1v) is 6.48. The monoisotopic (exact) mass is 261 g/mol. The van der Waals surface area contributed by atoms with Crippen LogP contribution < -0.4 is 4.74 Å². The van der Waals surface area contributed by atoms with Crippen LogP contribution in [0, 0.1) is 6.92 Å². The van der Waals surface area contributed by atoms with Crippen LogP contribution in [0.1, 0.15) is 17.7 Å².